The maximum absolute atomic E-state index is 11.9. The third kappa shape index (κ3) is 2.38. The highest BCUT2D eigenvalue weighted by Gasteiger charge is 2.32. The first-order chi connectivity index (χ1) is 9.36. The van der Waals surface area contributed by atoms with E-state index in [9.17, 15) is 5.21 Å². The van der Waals surface area contributed by atoms with Crippen molar-refractivity contribution in [1.82, 2.24) is 4.98 Å². The van der Waals surface area contributed by atoms with E-state index < -0.39 is 0 Å². The Kier molecular flexibility index (Phi) is 3.31. The Morgan fingerprint density at radius 2 is 2.05 bits per heavy atom. The Hall–Kier alpha value is -2.10. The molecule has 0 radical (unpaired) electrons. The third-order valence-corrected chi connectivity index (χ3v) is 3.63. The van der Waals surface area contributed by atoms with Gasteiger partial charge in [-0.2, -0.15) is 0 Å². The van der Waals surface area contributed by atoms with Crippen molar-refractivity contribution in [3.63, 3.8) is 0 Å². The minimum Gasteiger partial charge on any atom is -0.711 e. The molecule has 3 rings (SSSR count). The molecule has 0 spiro atoms. The smallest absolute Gasteiger partial charge is 0.280 e. The fourth-order valence-electron chi connectivity index (χ4n) is 2.73. The zero-order valence-electron chi connectivity index (χ0n) is 10.8. The molecule has 0 unspecified atom stereocenters. The van der Waals surface area contributed by atoms with Gasteiger partial charge in [-0.05, 0) is 37.5 Å². The van der Waals surface area contributed by atoms with Gasteiger partial charge in [-0.1, -0.05) is 12.1 Å². The van der Waals surface area contributed by atoms with Gasteiger partial charge in [-0.15, -0.1) is 0 Å². The molecule has 0 aliphatic carbocycles. The second-order valence-corrected chi connectivity index (χ2v) is 4.84. The van der Waals surface area contributed by atoms with Crippen LogP contribution in [0.15, 0.2) is 48.8 Å². The second-order valence-electron chi connectivity index (χ2n) is 4.84. The summed E-state index contributed by atoms with van der Waals surface area (Å²) in [6.45, 7) is 0.910. The van der Waals surface area contributed by atoms with Crippen LogP contribution in [-0.4, -0.2) is 11.5 Å². The van der Waals surface area contributed by atoms with Crippen molar-refractivity contribution in [1.29, 1.82) is 0 Å². The standard InChI is InChI=1S/C15H17N3O/c19-18-12-6-3-9-15(18)17-11-5-2-8-14(17)13-7-1-4-10-16-13/h1,3-4,6-7,9-10,12,14H,2,5,8,11H2/t14-/m0/s1. The number of piperidine rings is 1. The quantitative estimate of drug-likeness (QED) is 0.611. The lowest BCUT2D eigenvalue weighted by molar-refractivity contribution is -0.592. The van der Waals surface area contributed by atoms with Crippen molar-refractivity contribution in [3.8, 4) is 0 Å². The van der Waals surface area contributed by atoms with Crippen molar-refractivity contribution in [2.75, 3.05) is 11.4 Å². The summed E-state index contributed by atoms with van der Waals surface area (Å²) in [5, 5.41) is 11.9. The molecule has 1 saturated heterocycles. The Balaban J connectivity index is 1.96. The molecular formula is C15H17N3O. The molecule has 19 heavy (non-hydrogen) atoms. The molecule has 2 aromatic rings. The average Bonchev–Trinajstić information content (AvgIpc) is 2.49. The monoisotopic (exact) mass is 255 g/mol. The van der Waals surface area contributed by atoms with Gasteiger partial charge in [0.1, 0.15) is 6.04 Å². The number of nitrogens with zero attached hydrogens (tertiary/aromatic N) is 3. The zero-order chi connectivity index (χ0) is 13.1. The van der Waals surface area contributed by atoms with E-state index in [2.05, 4.69) is 9.88 Å². The van der Waals surface area contributed by atoms with Crippen molar-refractivity contribution in [2.45, 2.75) is 25.3 Å². The molecule has 1 atom stereocenters. The van der Waals surface area contributed by atoms with Gasteiger partial charge >= 0.3 is 0 Å². The predicted octanol–water partition coefficient (Wildman–Crippen LogP) is 2.45. The van der Waals surface area contributed by atoms with Crippen molar-refractivity contribution in [2.24, 2.45) is 0 Å². The summed E-state index contributed by atoms with van der Waals surface area (Å²) >= 11 is 0. The van der Waals surface area contributed by atoms with Crippen LogP contribution in [0.1, 0.15) is 31.0 Å². The molecular weight excluding hydrogens is 238 g/mol. The number of rotatable bonds is 2. The first kappa shape index (κ1) is 12.0. The van der Waals surface area contributed by atoms with E-state index in [0.29, 0.717) is 0 Å². The second kappa shape index (κ2) is 5.26. The van der Waals surface area contributed by atoms with Crippen molar-refractivity contribution < 1.29 is 4.73 Å². The van der Waals surface area contributed by atoms with Crippen molar-refractivity contribution in [3.05, 3.63) is 59.7 Å². The normalized spacial score (nSPS) is 19.4. The highest BCUT2D eigenvalue weighted by molar-refractivity contribution is 5.37. The van der Waals surface area contributed by atoms with Crippen LogP contribution in [0, 0.1) is 5.21 Å². The zero-order valence-corrected chi connectivity index (χ0v) is 10.8. The number of hydrogen-bond donors (Lipinski definition) is 0. The molecule has 0 aromatic carbocycles. The average molecular weight is 255 g/mol. The van der Waals surface area contributed by atoms with Gasteiger partial charge in [0.05, 0.1) is 18.4 Å². The molecule has 0 bridgehead atoms. The van der Waals surface area contributed by atoms with E-state index >= 15 is 0 Å². The van der Waals surface area contributed by atoms with Gasteiger partial charge in [-0.25, -0.2) is 4.73 Å². The van der Waals surface area contributed by atoms with Gasteiger partial charge in [0, 0.05) is 12.3 Å². The third-order valence-electron chi connectivity index (χ3n) is 3.63. The first-order valence-electron chi connectivity index (χ1n) is 6.72. The molecule has 2 aromatic heterocycles. The summed E-state index contributed by atoms with van der Waals surface area (Å²) in [5.41, 5.74) is 1.05. The molecule has 4 nitrogen and oxygen atoms in total. The lowest BCUT2D eigenvalue weighted by Crippen LogP contribution is -2.42. The molecule has 3 heterocycles. The minimum atomic E-state index is 0.206. The molecule has 0 saturated carbocycles. The fourth-order valence-corrected chi connectivity index (χ4v) is 2.73. The van der Waals surface area contributed by atoms with Gasteiger partial charge in [-0.3, -0.25) is 9.88 Å². The Labute approximate surface area is 112 Å². The summed E-state index contributed by atoms with van der Waals surface area (Å²) in [5.74, 6) is 0.720. The Morgan fingerprint density at radius 3 is 2.84 bits per heavy atom. The number of anilines is 1. The van der Waals surface area contributed by atoms with Crippen LogP contribution in [0.3, 0.4) is 0 Å². The largest absolute Gasteiger partial charge is 0.711 e. The maximum atomic E-state index is 11.9. The van der Waals surface area contributed by atoms with Crippen LogP contribution in [0.25, 0.3) is 0 Å². The molecule has 4 heteroatoms. The van der Waals surface area contributed by atoms with Gasteiger partial charge in [0.25, 0.3) is 5.82 Å². The Morgan fingerprint density at radius 1 is 1.16 bits per heavy atom. The lowest BCUT2D eigenvalue weighted by Gasteiger charge is -2.31. The number of pyridine rings is 2. The highest BCUT2D eigenvalue weighted by atomic mass is 16.5. The van der Waals surface area contributed by atoms with E-state index in [0.717, 1.165) is 35.6 Å². The predicted molar refractivity (Wildman–Crippen MR) is 73.6 cm³/mol. The topological polar surface area (TPSA) is 43.1 Å². The van der Waals surface area contributed by atoms with Gasteiger partial charge in [0.15, 0.2) is 0 Å². The van der Waals surface area contributed by atoms with Gasteiger partial charge < -0.3 is 5.21 Å². The van der Waals surface area contributed by atoms with Crippen molar-refractivity contribution >= 4 is 5.82 Å². The number of aromatic nitrogens is 2. The first-order valence-corrected chi connectivity index (χ1v) is 6.72. The minimum absolute atomic E-state index is 0.206. The fraction of sp³-hybridized carbons (Fsp3) is 0.333. The Bertz CT molecular complexity index is 544. The SMILES string of the molecule is [O-][n+]1ccccc1N1CCCC[C@H]1c1ccccn1. The molecule has 1 aliphatic heterocycles. The molecule has 1 fully saturated rings. The summed E-state index contributed by atoms with van der Waals surface area (Å²) in [4.78, 5) is 6.63. The van der Waals surface area contributed by atoms with E-state index in [1.807, 2.05) is 36.5 Å². The number of hydrogen-bond acceptors (Lipinski definition) is 3. The van der Waals surface area contributed by atoms with Gasteiger partial charge in [0.2, 0.25) is 0 Å². The summed E-state index contributed by atoms with van der Waals surface area (Å²) < 4.78 is 0.946. The van der Waals surface area contributed by atoms with E-state index in [1.54, 1.807) is 12.3 Å². The highest BCUT2D eigenvalue weighted by Crippen LogP contribution is 2.32. The molecule has 98 valence electrons. The van der Waals surface area contributed by atoms with Crippen LogP contribution < -0.4 is 9.63 Å². The lowest BCUT2D eigenvalue weighted by atomic mass is 9.99. The van der Waals surface area contributed by atoms with Crippen LogP contribution in [-0.2, 0) is 0 Å². The van der Waals surface area contributed by atoms with E-state index in [-0.39, 0.29) is 6.04 Å². The summed E-state index contributed by atoms with van der Waals surface area (Å²) in [6, 6.07) is 11.7. The van der Waals surface area contributed by atoms with Crippen LogP contribution >= 0.6 is 0 Å². The van der Waals surface area contributed by atoms with Crippen LogP contribution in [0.5, 0.6) is 0 Å². The van der Waals surface area contributed by atoms with Crippen LogP contribution in [0.2, 0.25) is 0 Å². The summed E-state index contributed by atoms with van der Waals surface area (Å²) in [7, 11) is 0. The summed E-state index contributed by atoms with van der Waals surface area (Å²) in [6.07, 6.45) is 6.73. The van der Waals surface area contributed by atoms with E-state index in [4.69, 9.17) is 0 Å². The molecule has 0 N–H and O–H groups in total. The van der Waals surface area contributed by atoms with Crippen LogP contribution in [0.4, 0.5) is 5.82 Å². The molecule has 0 amide bonds. The maximum Gasteiger partial charge on any atom is 0.280 e. The van der Waals surface area contributed by atoms with E-state index in [1.165, 1.54) is 6.42 Å². The molecule has 1 aliphatic rings.